The zero-order valence-electron chi connectivity index (χ0n) is 17.9. The molecule has 0 radical (unpaired) electrons. The summed E-state index contributed by atoms with van der Waals surface area (Å²) in [5.74, 6) is -0.482. The van der Waals surface area contributed by atoms with Crippen molar-refractivity contribution in [3.05, 3.63) is 47.5 Å². The Bertz CT molecular complexity index is 943. The zero-order chi connectivity index (χ0) is 22.8. The van der Waals surface area contributed by atoms with Crippen LogP contribution in [0.4, 0.5) is 11.4 Å². The molecule has 0 saturated heterocycles. The maximum atomic E-state index is 12.6. The summed E-state index contributed by atoms with van der Waals surface area (Å²) in [4.78, 5) is 36.4. The van der Waals surface area contributed by atoms with Crippen LogP contribution < -0.4 is 20.1 Å². The minimum atomic E-state index is -0.609. The van der Waals surface area contributed by atoms with E-state index in [9.17, 15) is 14.4 Å². The molecule has 166 valence electrons. The van der Waals surface area contributed by atoms with Crippen LogP contribution in [0.25, 0.3) is 0 Å². The van der Waals surface area contributed by atoms with Gasteiger partial charge in [0.2, 0.25) is 5.91 Å². The SMILES string of the molecule is CCOc1ccc(OCC)c(NC(=O)CNc2cc(C(=O)OC)ccc2C(=O)OC)c1. The highest BCUT2D eigenvalue weighted by Crippen LogP contribution is 2.29. The van der Waals surface area contributed by atoms with Crippen molar-refractivity contribution in [2.24, 2.45) is 0 Å². The fraction of sp³-hybridized carbons (Fsp3) is 0.318. The van der Waals surface area contributed by atoms with Crippen molar-refractivity contribution in [2.45, 2.75) is 13.8 Å². The minimum Gasteiger partial charge on any atom is -0.494 e. The highest BCUT2D eigenvalue weighted by atomic mass is 16.5. The van der Waals surface area contributed by atoms with Crippen molar-refractivity contribution in [3.63, 3.8) is 0 Å². The van der Waals surface area contributed by atoms with Crippen molar-refractivity contribution in [1.82, 2.24) is 0 Å². The van der Waals surface area contributed by atoms with Crippen LogP contribution in [-0.2, 0) is 14.3 Å². The second kappa shape index (κ2) is 11.4. The van der Waals surface area contributed by atoms with Gasteiger partial charge in [0, 0.05) is 11.8 Å². The lowest BCUT2D eigenvalue weighted by Gasteiger charge is -2.15. The molecule has 0 aliphatic rings. The lowest BCUT2D eigenvalue weighted by molar-refractivity contribution is -0.114. The van der Waals surface area contributed by atoms with Crippen molar-refractivity contribution in [1.29, 1.82) is 0 Å². The van der Waals surface area contributed by atoms with Crippen LogP contribution in [0.15, 0.2) is 36.4 Å². The Hall–Kier alpha value is -3.75. The van der Waals surface area contributed by atoms with Gasteiger partial charge < -0.3 is 29.6 Å². The van der Waals surface area contributed by atoms with Gasteiger partial charge in [-0.15, -0.1) is 0 Å². The summed E-state index contributed by atoms with van der Waals surface area (Å²) < 4.78 is 20.5. The number of hydrogen-bond acceptors (Lipinski definition) is 8. The van der Waals surface area contributed by atoms with E-state index in [2.05, 4.69) is 10.6 Å². The van der Waals surface area contributed by atoms with E-state index < -0.39 is 17.8 Å². The highest BCUT2D eigenvalue weighted by Gasteiger charge is 2.17. The molecule has 0 spiro atoms. The van der Waals surface area contributed by atoms with Gasteiger partial charge in [0.15, 0.2) is 0 Å². The predicted molar refractivity (Wildman–Crippen MR) is 115 cm³/mol. The lowest BCUT2D eigenvalue weighted by Crippen LogP contribution is -2.23. The first-order valence-corrected chi connectivity index (χ1v) is 9.67. The summed E-state index contributed by atoms with van der Waals surface area (Å²) in [7, 11) is 2.50. The van der Waals surface area contributed by atoms with Crippen LogP contribution in [0.3, 0.4) is 0 Å². The van der Waals surface area contributed by atoms with Gasteiger partial charge in [0.25, 0.3) is 0 Å². The fourth-order valence-electron chi connectivity index (χ4n) is 2.74. The van der Waals surface area contributed by atoms with E-state index in [4.69, 9.17) is 18.9 Å². The van der Waals surface area contributed by atoms with Crippen molar-refractivity contribution >= 4 is 29.2 Å². The Labute approximate surface area is 180 Å². The Morgan fingerprint density at radius 1 is 0.839 bits per heavy atom. The van der Waals surface area contributed by atoms with Gasteiger partial charge in [-0.25, -0.2) is 9.59 Å². The molecular formula is C22H26N2O7. The molecule has 0 unspecified atom stereocenters. The van der Waals surface area contributed by atoms with E-state index >= 15 is 0 Å². The number of nitrogens with one attached hydrogen (secondary N) is 2. The number of methoxy groups -OCH3 is 2. The second-order valence-electron chi connectivity index (χ2n) is 6.17. The van der Waals surface area contributed by atoms with Gasteiger partial charge in [-0.05, 0) is 44.2 Å². The first kappa shape index (κ1) is 23.5. The number of anilines is 2. The van der Waals surface area contributed by atoms with Crippen molar-refractivity contribution in [3.8, 4) is 11.5 Å². The van der Waals surface area contributed by atoms with Gasteiger partial charge in [0.1, 0.15) is 11.5 Å². The molecule has 2 aromatic carbocycles. The summed E-state index contributed by atoms with van der Waals surface area (Å²) in [5.41, 5.74) is 1.12. The van der Waals surface area contributed by atoms with E-state index in [-0.39, 0.29) is 23.4 Å². The number of ether oxygens (including phenoxy) is 4. The monoisotopic (exact) mass is 430 g/mol. The van der Waals surface area contributed by atoms with Crippen LogP contribution in [0.2, 0.25) is 0 Å². The molecule has 2 aromatic rings. The van der Waals surface area contributed by atoms with Gasteiger partial charge in [-0.2, -0.15) is 0 Å². The molecule has 9 heteroatoms. The molecule has 1 amide bonds. The molecule has 0 aromatic heterocycles. The van der Waals surface area contributed by atoms with E-state index in [0.29, 0.717) is 30.4 Å². The van der Waals surface area contributed by atoms with Gasteiger partial charge in [-0.3, -0.25) is 4.79 Å². The second-order valence-corrected chi connectivity index (χ2v) is 6.17. The molecule has 0 fully saturated rings. The van der Waals surface area contributed by atoms with Crippen LogP contribution >= 0.6 is 0 Å². The largest absolute Gasteiger partial charge is 0.494 e. The first-order chi connectivity index (χ1) is 14.9. The molecule has 2 N–H and O–H groups in total. The minimum absolute atomic E-state index is 0.177. The highest BCUT2D eigenvalue weighted by molar-refractivity contribution is 6.00. The molecule has 0 aliphatic carbocycles. The molecule has 31 heavy (non-hydrogen) atoms. The molecular weight excluding hydrogens is 404 g/mol. The van der Waals surface area contributed by atoms with Crippen molar-refractivity contribution in [2.75, 3.05) is 44.6 Å². The van der Waals surface area contributed by atoms with Gasteiger partial charge in [-0.1, -0.05) is 0 Å². The molecule has 0 bridgehead atoms. The standard InChI is InChI=1S/C22H26N2O7/c1-5-30-15-8-10-19(31-6-2)18(12-15)24-20(25)13-23-17-11-14(21(26)28-3)7-9-16(17)22(27)29-4/h7-12,23H,5-6,13H2,1-4H3,(H,24,25). The molecule has 0 aliphatic heterocycles. The molecule has 9 nitrogen and oxygen atoms in total. The number of rotatable bonds is 10. The van der Waals surface area contributed by atoms with E-state index in [1.807, 2.05) is 13.8 Å². The topological polar surface area (TPSA) is 112 Å². The van der Waals surface area contributed by atoms with Crippen LogP contribution in [0, 0.1) is 0 Å². The summed E-state index contributed by atoms with van der Waals surface area (Å²) in [6, 6.07) is 9.43. The van der Waals surface area contributed by atoms with E-state index in [1.54, 1.807) is 18.2 Å². The average molecular weight is 430 g/mol. The van der Waals surface area contributed by atoms with Crippen LogP contribution in [0.1, 0.15) is 34.6 Å². The number of esters is 2. The fourth-order valence-corrected chi connectivity index (χ4v) is 2.74. The van der Waals surface area contributed by atoms with E-state index in [1.165, 1.54) is 32.4 Å². The Morgan fingerprint density at radius 2 is 1.55 bits per heavy atom. The Morgan fingerprint density at radius 3 is 2.19 bits per heavy atom. The number of hydrogen-bond donors (Lipinski definition) is 2. The summed E-state index contributed by atoms with van der Waals surface area (Å²) in [6.45, 7) is 4.43. The maximum absolute atomic E-state index is 12.6. The molecule has 0 heterocycles. The average Bonchev–Trinajstić information content (AvgIpc) is 2.78. The number of amides is 1. The van der Waals surface area contributed by atoms with Crippen LogP contribution in [0.5, 0.6) is 11.5 Å². The lowest BCUT2D eigenvalue weighted by atomic mass is 10.1. The zero-order valence-corrected chi connectivity index (χ0v) is 17.9. The van der Waals surface area contributed by atoms with Crippen LogP contribution in [-0.4, -0.2) is 51.8 Å². The number of carbonyl (C=O) groups is 3. The van der Waals surface area contributed by atoms with Gasteiger partial charge in [0.05, 0.1) is 50.8 Å². The third-order valence-electron chi connectivity index (χ3n) is 4.12. The summed E-state index contributed by atoms with van der Waals surface area (Å²) in [5, 5.41) is 5.63. The van der Waals surface area contributed by atoms with Gasteiger partial charge >= 0.3 is 11.9 Å². The third-order valence-corrected chi connectivity index (χ3v) is 4.12. The maximum Gasteiger partial charge on any atom is 0.339 e. The Kier molecular flexibility index (Phi) is 8.68. The first-order valence-electron chi connectivity index (χ1n) is 9.67. The smallest absolute Gasteiger partial charge is 0.339 e. The predicted octanol–water partition coefficient (Wildman–Crippen LogP) is 3.11. The summed E-state index contributed by atoms with van der Waals surface area (Å²) >= 11 is 0. The Balaban J connectivity index is 2.19. The molecule has 0 saturated carbocycles. The third kappa shape index (κ3) is 6.36. The number of carbonyl (C=O) groups excluding carboxylic acids is 3. The van der Waals surface area contributed by atoms with Crippen molar-refractivity contribution < 1.29 is 33.3 Å². The molecule has 2 rings (SSSR count). The number of benzene rings is 2. The molecule has 0 atom stereocenters. The quantitative estimate of drug-likeness (QED) is 0.553. The summed E-state index contributed by atoms with van der Waals surface area (Å²) in [6.07, 6.45) is 0. The van der Waals surface area contributed by atoms with E-state index in [0.717, 1.165) is 0 Å². The normalized spacial score (nSPS) is 10.1.